The third-order valence-electron chi connectivity index (χ3n) is 2.29. The van der Waals surface area contributed by atoms with Crippen LogP contribution in [0.25, 0.3) is 0 Å². The van der Waals surface area contributed by atoms with E-state index in [4.69, 9.17) is 4.74 Å². The van der Waals surface area contributed by atoms with Gasteiger partial charge in [-0.3, -0.25) is 4.79 Å². The van der Waals surface area contributed by atoms with Crippen molar-refractivity contribution in [2.24, 2.45) is 0 Å². The number of ether oxygens (including phenoxy) is 2. The zero-order valence-electron chi connectivity index (χ0n) is 9.23. The molecule has 0 saturated carbocycles. The molecule has 0 unspecified atom stereocenters. The summed E-state index contributed by atoms with van der Waals surface area (Å²) in [6.07, 6.45) is 1.27. The van der Waals surface area contributed by atoms with Crippen molar-refractivity contribution in [3.05, 3.63) is 41.6 Å². The molecule has 1 aliphatic heterocycles. The minimum absolute atomic E-state index is 0.112. The average Bonchev–Trinajstić information content (AvgIpc) is 2.75. The predicted octanol–water partition coefficient (Wildman–Crippen LogP) is 0.866. The standard InChI is InChI=1S/C12H11NO4/c1-16-10-4-2-8(3-5-10)12(15)13-9-6-11(14)17-7-9/h2-6H,7H2,1H3,(H,13,15). The number of carbonyl (C=O) groups is 2. The molecule has 0 aliphatic carbocycles. The monoisotopic (exact) mass is 233 g/mol. The van der Waals surface area contributed by atoms with E-state index in [-0.39, 0.29) is 12.5 Å². The molecule has 1 aliphatic rings. The van der Waals surface area contributed by atoms with Gasteiger partial charge in [0, 0.05) is 11.6 Å². The van der Waals surface area contributed by atoms with Crippen LogP contribution in [0.2, 0.25) is 0 Å². The van der Waals surface area contributed by atoms with Gasteiger partial charge < -0.3 is 14.8 Å². The van der Waals surface area contributed by atoms with Crippen LogP contribution < -0.4 is 10.1 Å². The molecule has 0 saturated heterocycles. The summed E-state index contributed by atoms with van der Waals surface area (Å²) in [4.78, 5) is 22.5. The topological polar surface area (TPSA) is 64.6 Å². The van der Waals surface area contributed by atoms with Crippen LogP contribution in [0.4, 0.5) is 0 Å². The molecule has 0 spiro atoms. The zero-order chi connectivity index (χ0) is 12.3. The average molecular weight is 233 g/mol. The van der Waals surface area contributed by atoms with Crippen LogP contribution >= 0.6 is 0 Å². The summed E-state index contributed by atoms with van der Waals surface area (Å²) in [5, 5.41) is 2.60. The number of hydrogen-bond donors (Lipinski definition) is 1. The van der Waals surface area contributed by atoms with Crippen LogP contribution in [0, 0.1) is 0 Å². The summed E-state index contributed by atoms with van der Waals surface area (Å²) in [5.41, 5.74) is 0.960. The second-order valence-electron chi connectivity index (χ2n) is 3.46. The van der Waals surface area contributed by atoms with Crippen LogP contribution in [-0.2, 0) is 9.53 Å². The van der Waals surface area contributed by atoms with E-state index in [1.807, 2.05) is 0 Å². The van der Waals surface area contributed by atoms with Crippen molar-refractivity contribution >= 4 is 11.9 Å². The van der Waals surface area contributed by atoms with Gasteiger partial charge >= 0.3 is 5.97 Å². The molecule has 5 heteroatoms. The van der Waals surface area contributed by atoms with Gasteiger partial charge in [-0.15, -0.1) is 0 Å². The van der Waals surface area contributed by atoms with Gasteiger partial charge in [0.25, 0.3) is 5.91 Å². The Morgan fingerprint density at radius 3 is 2.59 bits per heavy atom. The molecule has 1 amide bonds. The summed E-state index contributed by atoms with van der Waals surface area (Å²) in [6, 6.07) is 6.68. The number of esters is 1. The molecule has 0 aromatic heterocycles. The van der Waals surface area contributed by atoms with E-state index in [0.29, 0.717) is 17.0 Å². The van der Waals surface area contributed by atoms with Gasteiger partial charge in [-0.25, -0.2) is 4.79 Å². The SMILES string of the molecule is COc1ccc(C(=O)NC2=CC(=O)OC2)cc1. The van der Waals surface area contributed by atoms with Crippen molar-refractivity contribution in [2.75, 3.05) is 13.7 Å². The normalized spacial score (nSPS) is 13.9. The van der Waals surface area contributed by atoms with Gasteiger partial charge in [-0.1, -0.05) is 0 Å². The molecule has 88 valence electrons. The molecule has 2 rings (SSSR count). The van der Waals surface area contributed by atoms with E-state index in [1.54, 1.807) is 31.4 Å². The fourth-order valence-electron chi connectivity index (χ4n) is 1.41. The van der Waals surface area contributed by atoms with Gasteiger partial charge in [0.05, 0.1) is 12.8 Å². The van der Waals surface area contributed by atoms with Gasteiger partial charge in [0.2, 0.25) is 0 Å². The van der Waals surface area contributed by atoms with Crippen molar-refractivity contribution in [3.63, 3.8) is 0 Å². The second kappa shape index (κ2) is 4.69. The first-order valence-corrected chi connectivity index (χ1v) is 5.02. The Kier molecular flexibility index (Phi) is 3.09. The summed E-state index contributed by atoms with van der Waals surface area (Å²) in [7, 11) is 1.56. The Morgan fingerprint density at radius 1 is 1.35 bits per heavy atom. The highest BCUT2D eigenvalue weighted by molar-refractivity contribution is 5.96. The lowest BCUT2D eigenvalue weighted by Gasteiger charge is -2.05. The number of hydrogen-bond acceptors (Lipinski definition) is 4. The molecular weight excluding hydrogens is 222 g/mol. The molecule has 1 aromatic rings. The molecule has 5 nitrogen and oxygen atoms in total. The first kappa shape index (κ1) is 11.2. The fraction of sp³-hybridized carbons (Fsp3) is 0.167. The van der Waals surface area contributed by atoms with Gasteiger partial charge in [-0.05, 0) is 24.3 Å². The van der Waals surface area contributed by atoms with Crippen LogP contribution in [0.15, 0.2) is 36.0 Å². The number of cyclic esters (lactones) is 1. The Bertz CT molecular complexity index is 476. The number of benzene rings is 1. The summed E-state index contributed by atoms with van der Waals surface area (Å²) in [6.45, 7) is 0.112. The van der Waals surface area contributed by atoms with Crippen LogP contribution in [0.1, 0.15) is 10.4 Å². The maximum atomic E-state index is 11.7. The fourth-order valence-corrected chi connectivity index (χ4v) is 1.41. The lowest BCUT2D eigenvalue weighted by molar-refractivity contribution is -0.134. The highest BCUT2D eigenvalue weighted by atomic mass is 16.5. The zero-order valence-corrected chi connectivity index (χ0v) is 9.23. The van der Waals surface area contributed by atoms with E-state index in [9.17, 15) is 9.59 Å². The van der Waals surface area contributed by atoms with E-state index >= 15 is 0 Å². The van der Waals surface area contributed by atoms with Crippen LogP contribution in [0.3, 0.4) is 0 Å². The lowest BCUT2D eigenvalue weighted by atomic mass is 10.2. The molecule has 0 atom stereocenters. The van der Waals surface area contributed by atoms with Crippen LogP contribution in [0.5, 0.6) is 5.75 Å². The second-order valence-corrected chi connectivity index (χ2v) is 3.46. The number of carbonyl (C=O) groups excluding carboxylic acids is 2. The third kappa shape index (κ3) is 2.63. The first-order chi connectivity index (χ1) is 8.19. The van der Waals surface area contributed by atoms with Gasteiger partial charge in [0.1, 0.15) is 12.4 Å². The highest BCUT2D eigenvalue weighted by Gasteiger charge is 2.15. The Hall–Kier alpha value is -2.30. The van der Waals surface area contributed by atoms with Crippen molar-refractivity contribution in [3.8, 4) is 5.75 Å². The summed E-state index contributed by atoms with van der Waals surface area (Å²) in [5.74, 6) is -0.0348. The quantitative estimate of drug-likeness (QED) is 0.786. The van der Waals surface area contributed by atoms with E-state index < -0.39 is 5.97 Å². The minimum Gasteiger partial charge on any atom is -0.497 e. The Labute approximate surface area is 98.0 Å². The summed E-state index contributed by atoms with van der Waals surface area (Å²) < 4.78 is 9.66. The number of amides is 1. The molecule has 0 radical (unpaired) electrons. The van der Waals surface area contributed by atoms with Crippen molar-refractivity contribution in [1.82, 2.24) is 5.32 Å². The predicted molar refractivity (Wildman–Crippen MR) is 59.5 cm³/mol. The smallest absolute Gasteiger partial charge is 0.333 e. The van der Waals surface area contributed by atoms with E-state index in [0.717, 1.165) is 0 Å². The third-order valence-corrected chi connectivity index (χ3v) is 2.29. The number of methoxy groups -OCH3 is 1. The highest BCUT2D eigenvalue weighted by Crippen LogP contribution is 2.12. The molecule has 1 aromatic carbocycles. The molecule has 17 heavy (non-hydrogen) atoms. The largest absolute Gasteiger partial charge is 0.497 e. The first-order valence-electron chi connectivity index (χ1n) is 5.02. The minimum atomic E-state index is -0.435. The van der Waals surface area contributed by atoms with Crippen molar-refractivity contribution in [1.29, 1.82) is 0 Å². The van der Waals surface area contributed by atoms with E-state index in [2.05, 4.69) is 10.1 Å². The van der Waals surface area contributed by atoms with Gasteiger partial charge in [-0.2, -0.15) is 0 Å². The van der Waals surface area contributed by atoms with Crippen LogP contribution in [-0.4, -0.2) is 25.6 Å². The molecular formula is C12H11NO4. The Balaban J connectivity index is 2.04. The number of rotatable bonds is 3. The maximum absolute atomic E-state index is 11.7. The maximum Gasteiger partial charge on any atom is 0.333 e. The summed E-state index contributed by atoms with van der Waals surface area (Å²) >= 11 is 0. The molecule has 1 heterocycles. The lowest BCUT2D eigenvalue weighted by Crippen LogP contribution is -2.23. The molecule has 1 N–H and O–H groups in total. The van der Waals surface area contributed by atoms with E-state index in [1.165, 1.54) is 6.08 Å². The number of nitrogens with one attached hydrogen (secondary N) is 1. The van der Waals surface area contributed by atoms with Crippen molar-refractivity contribution < 1.29 is 19.1 Å². The van der Waals surface area contributed by atoms with Crippen molar-refractivity contribution in [2.45, 2.75) is 0 Å². The Morgan fingerprint density at radius 2 is 2.06 bits per heavy atom. The molecule has 0 bridgehead atoms. The molecule has 0 fully saturated rings. The van der Waals surface area contributed by atoms with Gasteiger partial charge in [0.15, 0.2) is 0 Å².